The van der Waals surface area contributed by atoms with E-state index in [1.54, 1.807) is 32.4 Å². The zero-order chi connectivity index (χ0) is 29.2. The van der Waals surface area contributed by atoms with Crippen molar-refractivity contribution < 1.29 is 18.3 Å². The molecule has 0 spiro atoms. The molecule has 3 N–H and O–H groups in total. The van der Waals surface area contributed by atoms with Crippen LogP contribution in [0.1, 0.15) is 25.3 Å². The number of rotatable bonds is 8. The predicted molar refractivity (Wildman–Crippen MR) is 156 cm³/mol. The summed E-state index contributed by atoms with van der Waals surface area (Å²) in [4.78, 5) is 31.4. The highest BCUT2D eigenvalue weighted by atomic mass is 32.2. The van der Waals surface area contributed by atoms with Crippen LogP contribution in [0.4, 0.5) is 20.3 Å². The standard InChI is InChI=1S/C29H29F2N7O2S/c1-4-5-6-13-40-23-16-34-25-21(36-23)10-12-33-26(25)35-18-7-8-20(31)19(14-18)29(17-30)22-15-28(22,41-27(32)37-29)11-9-24(39)38(2)3/h7-12,14,16,22H,4,13,15,17H2,1-3H3,(H2,32,37)(H,33,35)/b11-9+/t22-,28+,29-/m1/s1. The van der Waals surface area contributed by atoms with E-state index < -0.39 is 28.7 Å². The first-order valence-corrected chi connectivity index (χ1v) is 13.8. The van der Waals surface area contributed by atoms with Crippen LogP contribution in [0, 0.1) is 23.6 Å². The summed E-state index contributed by atoms with van der Waals surface area (Å²) in [6.45, 7) is 1.20. The van der Waals surface area contributed by atoms with Crippen LogP contribution < -0.4 is 15.8 Å². The summed E-state index contributed by atoms with van der Waals surface area (Å²) >= 11 is 1.27. The van der Waals surface area contributed by atoms with Crippen LogP contribution in [0.25, 0.3) is 11.0 Å². The van der Waals surface area contributed by atoms with Gasteiger partial charge in [-0.25, -0.2) is 28.7 Å². The molecule has 0 saturated heterocycles. The third-order valence-electron chi connectivity index (χ3n) is 7.01. The highest BCUT2D eigenvalue weighted by Gasteiger charge is 2.67. The lowest BCUT2D eigenvalue weighted by Gasteiger charge is -2.34. The van der Waals surface area contributed by atoms with E-state index in [9.17, 15) is 9.18 Å². The van der Waals surface area contributed by atoms with Crippen molar-refractivity contribution >= 4 is 45.4 Å². The smallest absolute Gasteiger partial charge is 0.245 e. The van der Waals surface area contributed by atoms with Crippen molar-refractivity contribution in [3.05, 3.63) is 60.2 Å². The number of anilines is 2. The molecule has 12 heteroatoms. The van der Waals surface area contributed by atoms with Gasteiger partial charge in [0.25, 0.3) is 0 Å². The number of nitrogens with zero attached hydrogens (tertiary/aromatic N) is 5. The molecule has 0 bridgehead atoms. The predicted octanol–water partition coefficient (Wildman–Crippen LogP) is 4.33. The summed E-state index contributed by atoms with van der Waals surface area (Å²) in [6.07, 6.45) is 7.47. The minimum absolute atomic E-state index is 0.0719. The molecule has 3 atom stereocenters. The zero-order valence-corrected chi connectivity index (χ0v) is 23.6. The highest BCUT2D eigenvalue weighted by molar-refractivity contribution is 8.15. The molecule has 3 aromatic rings. The largest absolute Gasteiger partial charge is 0.463 e. The van der Waals surface area contributed by atoms with Gasteiger partial charge in [-0.15, -0.1) is 5.92 Å². The van der Waals surface area contributed by atoms with E-state index in [0.717, 1.165) is 6.42 Å². The summed E-state index contributed by atoms with van der Waals surface area (Å²) in [6, 6.07) is 6.02. The number of thioether (sulfide) groups is 1. The third-order valence-corrected chi connectivity index (χ3v) is 8.28. The van der Waals surface area contributed by atoms with E-state index in [0.29, 0.717) is 34.8 Å². The molecular formula is C29H29F2N7O2S. The Labute approximate surface area is 240 Å². The van der Waals surface area contributed by atoms with Gasteiger partial charge in [-0.05, 0) is 30.7 Å². The number of fused-ring (bicyclic) bond motifs is 2. The lowest BCUT2D eigenvalue weighted by Crippen LogP contribution is -2.39. The van der Waals surface area contributed by atoms with E-state index in [1.165, 1.54) is 47.1 Å². The van der Waals surface area contributed by atoms with Crippen LogP contribution >= 0.6 is 11.8 Å². The number of amidine groups is 1. The molecule has 1 amide bonds. The number of carbonyl (C=O) groups excluding carboxylic acids is 1. The lowest BCUT2D eigenvalue weighted by atomic mass is 9.84. The molecule has 9 nitrogen and oxygen atoms in total. The van der Waals surface area contributed by atoms with Gasteiger partial charge >= 0.3 is 0 Å². The number of amides is 1. The summed E-state index contributed by atoms with van der Waals surface area (Å²) in [5.74, 6) is 5.32. The Morgan fingerprint density at radius 2 is 2.15 bits per heavy atom. The lowest BCUT2D eigenvalue weighted by molar-refractivity contribution is -0.123. The zero-order valence-electron chi connectivity index (χ0n) is 22.8. The molecule has 1 aliphatic heterocycles. The Morgan fingerprint density at radius 3 is 2.90 bits per heavy atom. The van der Waals surface area contributed by atoms with E-state index in [-0.39, 0.29) is 23.2 Å². The quantitative estimate of drug-likeness (QED) is 0.300. The van der Waals surface area contributed by atoms with Gasteiger partial charge in [0.1, 0.15) is 23.5 Å². The van der Waals surface area contributed by atoms with Gasteiger partial charge in [0.2, 0.25) is 11.8 Å². The number of aromatic nitrogens is 3. The van der Waals surface area contributed by atoms with Crippen LogP contribution in [0.15, 0.2) is 53.8 Å². The molecule has 2 aliphatic rings. The topological polar surface area (TPSA) is 119 Å². The molecule has 5 rings (SSSR count). The molecule has 3 heterocycles. The Balaban J connectivity index is 1.45. The molecule has 41 heavy (non-hydrogen) atoms. The number of pyridine rings is 1. The summed E-state index contributed by atoms with van der Waals surface area (Å²) in [5, 5.41) is 3.30. The minimum atomic E-state index is -1.54. The van der Waals surface area contributed by atoms with E-state index >= 15 is 4.39 Å². The van der Waals surface area contributed by atoms with Gasteiger partial charge in [-0.3, -0.25) is 4.79 Å². The minimum Gasteiger partial charge on any atom is -0.463 e. The molecule has 1 fully saturated rings. The number of carbonyl (C=O) groups is 1. The number of likely N-dealkylation sites (N-methyl/N-ethyl adjacent to an activating group) is 1. The fraction of sp³-hybridized carbons (Fsp3) is 0.345. The van der Waals surface area contributed by atoms with Gasteiger partial charge in [-0.2, -0.15) is 0 Å². The van der Waals surface area contributed by atoms with E-state index in [2.05, 4.69) is 37.1 Å². The first-order chi connectivity index (χ1) is 19.7. The Bertz CT molecular complexity index is 1620. The SMILES string of the molecule is CCC#CCOc1cnc2c(Nc3ccc(F)c([C@@]4(CF)N=C(N)S[C@@]5(/C=C/C(=O)N(C)C)C[C@H]54)c3)nccc2n1. The molecule has 212 valence electrons. The Morgan fingerprint density at radius 1 is 1.32 bits per heavy atom. The maximum absolute atomic E-state index is 15.4. The van der Waals surface area contributed by atoms with Crippen LogP contribution in [-0.4, -0.2) is 63.1 Å². The second-order valence-electron chi connectivity index (χ2n) is 9.94. The number of nitrogens with two attached hydrogens (primary N) is 1. The van der Waals surface area contributed by atoms with Crippen molar-refractivity contribution in [1.29, 1.82) is 0 Å². The first-order valence-electron chi connectivity index (χ1n) is 13.0. The summed E-state index contributed by atoms with van der Waals surface area (Å²) in [7, 11) is 3.29. The maximum Gasteiger partial charge on any atom is 0.245 e. The van der Waals surface area contributed by atoms with Crippen molar-refractivity contribution in [2.45, 2.75) is 30.1 Å². The Kier molecular flexibility index (Phi) is 7.82. The second kappa shape index (κ2) is 11.3. The maximum atomic E-state index is 15.4. The van der Waals surface area contributed by atoms with Crippen molar-refractivity contribution in [3.8, 4) is 17.7 Å². The monoisotopic (exact) mass is 577 g/mol. The third kappa shape index (κ3) is 5.54. The van der Waals surface area contributed by atoms with Gasteiger partial charge in [0.15, 0.2) is 17.6 Å². The summed E-state index contributed by atoms with van der Waals surface area (Å²) in [5.41, 5.74) is 6.16. The van der Waals surface area contributed by atoms with Crippen LogP contribution in [-0.2, 0) is 10.3 Å². The van der Waals surface area contributed by atoms with Crippen LogP contribution in [0.2, 0.25) is 0 Å². The number of aliphatic imine (C=N–C) groups is 1. The Hall–Kier alpha value is -4.24. The number of hydrogen-bond acceptors (Lipinski definition) is 9. The van der Waals surface area contributed by atoms with Crippen molar-refractivity contribution in [3.63, 3.8) is 0 Å². The average molecular weight is 578 g/mol. The van der Waals surface area contributed by atoms with Gasteiger partial charge in [0, 0.05) is 54.7 Å². The second-order valence-corrected chi connectivity index (χ2v) is 11.3. The number of halogens is 2. The van der Waals surface area contributed by atoms with Crippen LogP contribution in [0.5, 0.6) is 5.88 Å². The van der Waals surface area contributed by atoms with Crippen molar-refractivity contribution in [2.75, 3.05) is 32.7 Å². The molecule has 1 aromatic carbocycles. The summed E-state index contributed by atoms with van der Waals surface area (Å²) < 4.78 is 35.3. The molecular weight excluding hydrogens is 548 g/mol. The molecule has 0 radical (unpaired) electrons. The van der Waals surface area contributed by atoms with E-state index in [1.807, 2.05) is 6.92 Å². The fourth-order valence-corrected chi connectivity index (χ4v) is 6.23. The molecule has 1 saturated carbocycles. The fourth-order valence-electron chi connectivity index (χ4n) is 4.91. The number of ether oxygens (including phenoxy) is 1. The van der Waals surface area contributed by atoms with Gasteiger partial charge in [0.05, 0.1) is 11.7 Å². The van der Waals surface area contributed by atoms with E-state index in [4.69, 9.17) is 10.5 Å². The highest BCUT2D eigenvalue weighted by Crippen LogP contribution is 2.67. The van der Waals surface area contributed by atoms with Crippen molar-refractivity contribution in [1.82, 2.24) is 19.9 Å². The number of alkyl halides is 1. The number of hydrogen-bond donors (Lipinski definition) is 2. The van der Waals surface area contributed by atoms with Crippen molar-refractivity contribution in [2.24, 2.45) is 16.6 Å². The van der Waals surface area contributed by atoms with Gasteiger partial charge < -0.3 is 20.7 Å². The normalized spacial score (nSPS) is 22.9. The first kappa shape index (κ1) is 28.3. The van der Waals surface area contributed by atoms with Gasteiger partial charge in [-0.1, -0.05) is 30.7 Å². The average Bonchev–Trinajstić information content (AvgIpc) is 3.69. The molecule has 0 unspecified atom stereocenters. The number of benzene rings is 1. The molecule has 2 aromatic heterocycles. The van der Waals surface area contributed by atoms with Crippen LogP contribution in [0.3, 0.4) is 0 Å². The molecule has 1 aliphatic carbocycles. The number of nitrogens with one attached hydrogen (secondary N) is 1.